The number of piperidine rings is 1. The van der Waals surface area contributed by atoms with Gasteiger partial charge in [-0.1, -0.05) is 20.8 Å². The lowest BCUT2D eigenvalue weighted by Gasteiger charge is -2.37. The van der Waals surface area contributed by atoms with Gasteiger partial charge in [-0.25, -0.2) is 0 Å². The van der Waals surface area contributed by atoms with Crippen LogP contribution in [0.5, 0.6) is 0 Å². The van der Waals surface area contributed by atoms with Crippen LogP contribution in [-0.4, -0.2) is 29.8 Å². The van der Waals surface area contributed by atoms with Crippen LogP contribution in [0.2, 0.25) is 0 Å². The van der Waals surface area contributed by atoms with Crippen molar-refractivity contribution < 1.29 is 4.79 Å². The quantitative estimate of drug-likeness (QED) is 0.735. The Balaban J connectivity index is 1.92. The van der Waals surface area contributed by atoms with Crippen LogP contribution in [-0.2, 0) is 4.79 Å². The highest BCUT2D eigenvalue weighted by molar-refractivity contribution is 5.88. The van der Waals surface area contributed by atoms with E-state index < -0.39 is 0 Å². The van der Waals surface area contributed by atoms with Gasteiger partial charge in [-0.3, -0.25) is 9.69 Å². The van der Waals surface area contributed by atoms with Crippen LogP contribution in [0.3, 0.4) is 0 Å². The zero-order chi connectivity index (χ0) is 12.6. The van der Waals surface area contributed by atoms with Crippen LogP contribution in [0.1, 0.15) is 53.4 Å². The Labute approximate surface area is 106 Å². The second kappa shape index (κ2) is 4.72. The molecular formula is C15H27NO. The van der Waals surface area contributed by atoms with Gasteiger partial charge in [0.15, 0.2) is 0 Å². The van der Waals surface area contributed by atoms with E-state index in [0.717, 1.165) is 25.3 Å². The van der Waals surface area contributed by atoms with Gasteiger partial charge in [-0.05, 0) is 45.1 Å². The molecule has 0 bridgehead atoms. The van der Waals surface area contributed by atoms with Crippen molar-refractivity contribution in [2.75, 3.05) is 13.1 Å². The Morgan fingerprint density at radius 2 is 2.00 bits per heavy atom. The number of Topliss-reactive ketones (excluding diaryl/α,β-unsaturated/α-hetero) is 1. The number of carbonyl (C=O) groups excluding carboxylic acids is 1. The minimum absolute atomic E-state index is 0.0585. The molecule has 2 rings (SSSR count). The molecule has 1 aliphatic carbocycles. The van der Waals surface area contributed by atoms with Crippen molar-refractivity contribution in [1.29, 1.82) is 0 Å². The van der Waals surface area contributed by atoms with Crippen molar-refractivity contribution in [2.45, 2.75) is 59.4 Å². The van der Waals surface area contributed by atoms with Crippen LogP contribution in [0.15, 0.2) is 0 Å². The van der Waals surface area contributed by atoms with Gasteiger partial charge >= 0.3 is 0 Å². The van der Waals surface area contributed by atoms with E-state index in [-0.39, 0.29) is 5.41 Å². The first-order chi connectivity index (χ1) is 7.90. The van der Waals surface area contributed by atoms with Crippen molar-refractivity contribution in [3.63, 3.8) is 0 Å². The summed E-state index contributed by atoms with van der Waals surface area (Å²) in [4.78, 5) is 14.8. The van der Waals surface area contributed by atoms with Gasteiger partial charge in [0.25, 0.3) is 0 Å². The van der Waals surface area contributed by atoms with Crippen LogP contribution >= 0.6 is 0 Å². The number of ketones is 1. The fourth-order valence-electron chi connectivity index (χ4n) is 3.53. The van der Waals surface area contributed by atoms with E-state index in [9.17, 15) is 4.79 Å². The summed E-state index contributed by atoms with van der Waals surface area (Å²) in [6.07, 6.45) is 4.78. The standard InChI is InChI=1S/C15H27NO/c1-11-6-8-16(12(2)9-11)10-13-5-7-15(3,4)14(13)17/h11-13H,5-10H2,1-4H3. The largest absolute Gasteiger partial charge is 0.300 e. The fourth-order valence-corrected chi connectivity index (χ4v) is 3.53. The summed E-state index contributed by atoms with van der Waals surface area (Å²) in [7, 11) is 0. The van der Waals surface area contributed by atoms with Crippen molar-refractivity contribution in [3.05, 3.63) is 0 Å². The fraction of sp³-hybridized carbons (Fsp3) is 0.933. The lowest BCUT2D eigenvalue weighted by molar-refractivity contribution is -0.128. The highest BCUT2D eigenvalue weighted by Crippen LogP contribution is 2.38. The summed E-state index contributed by atoms with van der Waals surface area (Å²) in [6.45, 7) is 11.1. The Kier molecular flexibility index (Phi) is 3.63. The molecule has 2 fully saturated rings. The first-order valence-electron chi connectivity index (χ1n) is 7.18. The molecule has 0 aromatic rings. The molecule has 1 saturated heterocycles. The Morgan fingerprint density at radius 3 is 2.53 bits per heavy atom. The molecule has 0 spiro atoms. The van der Waals surface area contributed by atoms with E-state index >= 15 is 0 Å². The number of rotatable bonds is 2. The third-order valence-electron chi connectivity index (χ3n) is 4.89. The van der Waals surface area contributed by atoms with E-state index in [2.05, 4.69) is 32.6 Å². The van der Waals surface area contributed by atoms with Gasteiger partial charge in [-0.15, -0.1) is 0 Å². The van der Waals surface area contributed by atoms with E-state index in [1.54, 1.807) is 0 Å². The van der Waals surface area contributed by atoms with Crippen LogP contribution in [0.4, 0.5) is 0 Å². The highest BCUT2D eigenvalue weighted by atomic mass is 16.1. The van der Waals surface area contributed by atoms with Crippen molar-refractivity contribution in [2.24, 2.45) is 17.3 Å². The monoisotopic (exact) mass is 237 g/mol. The van der Waals surface area contributed by atoms with Gasteiger partial charge in [0, 0.05) is 23.9 Å². The number of hydrogen-bond donors (Lipinski definition) is 0. The van der Waals surface area contributed by atoms with E-state index in [0.29, 0.717) is 17.7 Å². The maximum absolute atomic E-state index is 12.2. The maximum atomic E-state index is 12.2. The predicted molar refractivity (Wildman–Crippen MR) is 70.9 cm³/mol. The van der Waals surface area contributed by atoms with Gasteiger partial charge in [0.1, 0.15) is 5.78 Å². The molecule has 0 aromatic carbocycles. The molecule has 1 heterocycles. The second-order valence-corrected chi connectivity index (χ2v) is 6.96. The minimum atomic E-state index is -0.0585. The molecule has 3 unspecified atom stereocenters. The number of hydrogen-bond acceptors (Lipinski definition) is 2. The van der Waals surface area contributed by atoms with Crippen LogP contribution in [0, 0.1) is 17.3 Å². The SMILES string of the molecule is CC1CCN(CC2CCC(C)(C)C2=O)C(C)C1. The van der Waals surface area contributed by atoms with Gasteiger partial charge in [0.05, 0.1) is 0 Å². The van der Waals surface area contributed by atoms with Gasteiger partial charge < -0.3 is 0 Å². The summed E-state index contributed by atoms with van der Waals surface area (Å²) in [6, 6.07) is 0.662. The molecule has 2 aliphatic rings. The summed E-state index contributed by atoms with van der Waals surface area (Å²) in [5.74, 6) is 1.67. The summed E-state index contributed by atoms with van der Waals surface area (Å²) in [5, 5.41) is 0. The smallest absolute Gasteiger partial charge is 0.142 e. The minimum Gasteiger partial charge on any atom is -0.300 e. The molecule has 0 N–H and O–H groups in total. The third kappa shape index (κ3) is 2.73. The van der Waals surface area contributed by atoms with Gasteiger partial charge in [0.2, 0.25) is 0 Å². The topological polar surface area (TPSA) is 20.3 Å². The molecule has 0 radical (unpaired) electrons. The lowest BCUT2D eigenvalue weighted by Crippen LogP contribution is -2.44. The molecule has 98 valence electrons. The zero-order valence-electron chi connectivity index (χ0n) is 11.8. The molecular weight excluding hydrogens is 210 g/mol. The first-order valence-corrected chi connectivity index (χ1v) is 7.18. The van der Waals surface area contributed by atoms with Crippen molar-refractivity contribution in [1.82, 2.24) is 4.90 Å². The predicted octanol–water partition coefficient (Wildman–Crippen LogP) is 3.11. The molecule has 2 nitrogen and oxygen atoms in total. The van der Waals surface area contributed by atoms with Crippen LogP contribution in [0.25, 0.3) is 0 Å². The molecule has 0 aromatic heterocycles. The third-order valence-corrected chi connectivity index (χ3v) is 4.89. The Bertz CT molecular complexity index is 297. The Hall–Kier alpha value is -0.370. The molecule has 1 aliphatic heterocycles. The average Bonchev–Trinajstić information content (AvgIpc) is 2.49. The van der Waals surface area contributed by atoms with Crippen molar-refractivity contribution >= 4 is 5.78 Å². The zero-order valence-corrected chi connectivity index (χ0v) is 11.8. The molecule has 3 atom stereocenters. The summed E-state index contributed by atoms with van der Waals surface area (Å²) >= 11 is 0. The number of likely N-dealkylation sites (tertiary alicyclic amines) is 1. The van der Waals surface area contributed by atoms with Crippen molar-refractivity contribution in [3.8, 4) is 0 Å². The van der Waals surface area contributed by atoms with Crippen LogP contribution < -0.4 is 0 Å². The molecule has 1 saturated carbocycles. The normalized spacial score (nSPS) is 38.6. The van der Waals surface area contributed by atoms with E-state index in [1.807, 2.05) is 0 Å². The second-order valence-electron chi connectivity index (χ2n) is 6.96. The summed E-state index contributed by atoms with van der Waals surface area (Å²) < 4.78 is 0. The summed E-state index contributed by atoms with van der Waals surface area (Å²) in [5.41, 5.74) is -0.0585. The Morgan fingerprint density at radius 1 is 1.29 bits per heavy atom. The average molecular weight is 237 g/mol. The maximum Gasteiger partial charge on any atom is 0.142 e. The molecule has 0 amide bonds. The van der Waals surface area contributed by atoms with E-state index in [4.69, 9.17) is 0 Å². The first kappa shape index (κ1) is 13.1. The highest BCUT2D eigenvalue weighted by Gasteiger charge is 2.41. The number of carbonyl (C=O) groups is 1. The molecule has 2 heteroatoms. The lowest BCUT2D eigenvalue weighted by atomic mass is 9.88. The van der Waals surface area contributed by atoms with E-state index in [1.165, 1.54) is 19.4 Å². The molecule has 17 heavy (non-hydrogen) atoms. The van der Waals surface area contributed by atoms with Gasteiger partial charge in [-0.2, -0.15) is 0 Å². The number of nitrogens with zero attached hydrogens (tertiary/aromatic N) is 1.